The van der Waals surface area contributed by atoms with Crippen LogP contribution in [-0.4, -0.2) is 9.78 Å². The number of nitrogens with two attached hydrogens (primary N) is 1. The van der Waals surface area contributed by atoms with Crippen molar-refractivity contribution in [3.05, 3.63) is 53.3 Å². The molecule has 17 heavy (non-hydrogen) atoms. The minimum Gasteiger partial charge on any atom is -0.322 e. The van der Waals surface area contributed by atoms with Gasteiger partial charge in [0.25, 0.3) is 0 Å². The van der Waals surface area contributed by atoms with Crippen LogP contribution in [-0.2, 0) is 13.0 Å². The fourth-order valence-corrected chi connectivity index (χ4v) is 1.88. The third kappa shape index (κ3) is 2.74. The lowest BCUT2D eigenvalue weighted by Crippen LogP contribution is -2.19. The summed E-state index contributed by atoms with van der Waals surface area (Å²) in [4.78, 5) is 0. The van der Waals surface area contributed by atoms with Crippen molar-refractivity contribution in [3.8, 4) is 0 Å². The minimum atomic E-state index is -0.000457. The monoisotopic (exact) mass is 229 g/mol. The fraction of sp³-hybridized carbons (Fsp3) is 0.357. The van der Waals surface area contributed by atoms with E-state index in [1.54, 1.807) is 0 Å². The second kappa shape index (κ2) is 5.15. The Morgan fingerprint density at radius 1 is 1.24 bits per heavy atom. The molecule has 1 atom stereocenters. The maximum absolute atomic E-state index is 6.19. The van der Waals surface area contributed by atoms with Crippen LogP contribution in [0.3, 0.4) is 0 Å². The quantitative estimate of drug-likeness (QED) is 0.875. The summed E-state index contributed by atoms with van der Waals surface area (Å²) >= 11 is 0. The molecule has 3 nitrogen and oxygen atoms in total. The second-order valence-corrected chi connectivity index (χ2v) is 4.36. The van der Waals surface area contributed by atoms with Crippen molar-refractivity contribution in [1.29, 1.82) is 0 Å². The highest BCUT2D eigenvalue weighted by Gasteiger charge is 2.08. The van der Waals surface area contributed by atoms with Gasteiger partial charge in [-0.2, -0.15) is 5.10 Å². The SMILES string of the molecule is CCc1ccc(C(N)Cn2nccc2C)cc1. The molecule has 0 bridgehead atoms. The standard InChI is InChI=1S/C14H19N3/c1-3-12-4-6-13(7-5-12)14(15)10-17-11(2)8-9-16-17/h4-9,14H,3,10,15H2,1-2H3. The van der Waals surface area contributed by atoms with Crippen molar-refractivity contribution >= 4 is 0 Å². The lowest BCUT2D eigenvalue weighted by Gasteiger charge is -2.13. The smallest absolute Gasteiger partial charge is 0.0605 e. The molecule has 2 aromatic rings. The zero-order chi connectivity index (χ0) is 12.3. The number of aromatic nitrogens is 2. The van der Waals surface area contributed by atoms with Gasteiger partial charge in [0.1, 0.15) is 0 Å². The molecule has 2 N–H and O–H groups in total. The third-order valence-electron chi connectivity index (χ3n) is 3.11. The van der Waals surface area contributed by atoms with E-state index in [9.17, 15) is 0 Å². The molecule has 0 saturated carbocycles. The van der Waals surface area contributed by atoms with Crippen LogP contribution < -0.4 is 5.73 Å². The number of rotatable bonds is 4. The second-order valence-electron chi connectivity index (χ2n) is 4.36. The number of hydrogen-bond donors (Lipinski definition) is 1. The summed E-state index contributed by atoms with van der Waals surface area (Å²) in [6.45, 7) is 4.92. The number of nitrogens with zero attached hydrogens (tertiary/aromatic N) is 2. The van der Waals surface area contributed by atoms with Crippen molar-refractivity contribution < 1.29 is 0 Å². The van der Waals surface area contributed by atoms with E-state index in [1.807, 2.05) is 23.9 Å². The minimum absolute atomic E-state index is 0.000457. The predicted octanol–water partition coefficient (Wildman–Crippen LogP) is 2.45. The van der Waals surface area contributed by atoms with Crippen molar-refractivity contribution in [2.45, 2.75) is 32.9 Å². The van der Waals surface area contributed by atoms with Crippen molar-refractivity contribution in [3.63, 3.8) is 0 Å². The molecule has 1 aromatic carbocycles. The van der Waals surface area contributed by atoms with Crippen LogP contribution in [0.1, 0.15) is 29.8 Å². The molecule has 2 rings (SSSR count). The summed E-state index contributed by atoms with van der Waals surface area (Å²) < 4.78 is 1.94. The molecule has 0 aliphatic rings. The largest absolute Gasteiger partial charge is 0.322 e. The van der Waals surface area contributed by atoms with Gasteiger partial charge in [0.05, 0.1) is 6.54 Å². The molecule has 1 aromatic heterocycles. The normalized spacial score (nSPS) is 12.6. The summed E-state index contributed by atoms with van der Waals surface area (Å²) in [5, 5.41) is 4.25. The Hall–Kier alpha value is -1.61. The molecular weight excluding hydrogens is 210 g/mol. The Kier molecular flexibility index (Phi) is 3.59. The van der Waals surface area contributed by atoms with Gasteiger partial charge in [-0.15, -0.1) is 0 Å². The number of hydrogen-bond acceptors (Lipinski definition) is 2. The highest BCUT2D eigenvalue weighted by molar-refractivity contribution is 5.24. The molecule has 0 spiro atoms. The van der Waals surface area contributed by atoms with E-state index >= 15 is 0 Å². The van der Waals surface area contributed by atoms with Crippen molar-refractivity contribution in [2.24, 2.45) is 5.73 Å². The average Bonchev–Trinajstić information content (AvgIpc) is 2.75. The van der Waals surface area contributed by atoms with Crippen molar-refractivity contribution in [2.75, 3.05) is 0 Å². The first kappa shape index (κ1) is 11.9. The van der Waals surface area contributed by atoms with Gasteiger partial charge < -0.3 is 5.73 Å². The van der Waals surface area contributed by atoms with Gasteiger partial charge in [-0.3, -0.25) is 4.68 Å². The van der Waals surface area contributed by atoms with Gasteiger partial charge >= 0.3 is 0 Å². The highest BCUT2D eigenvalue weighted by atomic mass is 15.3. The summed E-state index contributed by atoms with van der Waals surface area (Å²) in [7, 11) is 0. The molecule has 0 radical (unpaired) electrons. The van der Waals surface area contributed by atoms with Crippen LogP contribution in [0.2, 0.25) is 0 Å². The van der Waals surface area contributed by atoms with Gasteiger partial charge in [0, 0.05) is 17.9 Å². The zero-order valence-electron chi connectivity index (χ0n) is 10.4. The van der Waals surface area contributed by atoms with E-state index in [-0.39, 0.29) is 6.04 Å². The zero-order valence-corrected chi connectivity index (χ0v) is 10.4. The molecule has 0 aliphatic carbocycles. The van der Waals surface area contributed by atoms with Crippen LogP contribution in [0.4, 0.5) is 0 Å². The fourth-order valence-electron chi connectivity index (χ4n) is 1.88. The van der Waals surface area contributed by atoms with E-state index in [0.29, 0.717) is 0 Å². The molecule has 0 fully saturated rings. The van der Waals surface area contributed by atoms with Crippen molar-refractivity contribution in [1.82, 2.24) is 9.78 Å². The molecule has 3 heteroatoms. The van der Waals surface area contributed by atoms with Gasteiger partial charge in [-0.1, -0.05) is 31.2 Å². The number of benzene rings is 1. The summed E-state index contributed by atoms with van der Waals surface area (Å²) in [6.07, 6.45) is 2.87. The van der Waals surface area contributed by atoms with E-state index < -0.39 is 0 Å². The van der Waals surface area contributed by atoms with E-state index in [0.717, 1.165) is 24.2 Å². The molecule has 0 amide bonds. The Bertz CT molecular complexity index is 470. The molecule has 0 aliphatic heterocycles. The Balaban J connectivity index is 2.09. The third-order valence-corrected chi connectivity index (χ3v) is 3.11. The van der Waals surface area contributed by atoms with E-state index in [2.05, 4.69) is 36.3 Å². The Labute approximate surface area is 102 Å². The van der Waals surface area contributed by atoms with Gasteiger partial charge in [0.2, 0.25) is 0 Å². The maximum atomic E-state index is 6.19. The summed E-state index contributed by atoms with van der Waals surface area (Å²) in [5.41, 5.74) is 9.84. The van der Waals surface area contributed by atoms with Crippen LogP contribution in [0.5, 0.6) is 0 Å². The average molecular weight is 229 g/mol. The van der Waals surface area contributed by atoms with Crippen LogP contribution >= 0.6 is 0 Å². The molecule has 0 saturated heterocycles. The lowest BCUT2D eigenvalue weighted by molar-refractivity contribution is 0.517. The van der Waals surface area contributed by atoms with Crippen LogP contribution in [0, 0.1) is 6.92 Å². The predicted molar refractivity (Wildman–Crippen MR) is 69.7 cm³/mol. The molecule has 1 heterocycles. The van der Waals surface area contributed by atoms with Gasteiger partial charge in [-0.05, 0) is 30.5 Å². The lowest BCUT2D eigenvalue weighted by atomic mass is 10.0. The topological polar surface area (TPSA) is 43.8 Å². The van der Waals surface area contributed by atoms with Gasteiger partial charge in [0.15, 0.2) is 0 Å². The van der Waals surface area contributed by atoms with Gasteiger partial charge in [-0.25, -0.2) is 0 Å². The molecule has 1 unspecified atom stereocenters. The molecular formula is C14H19N3. The summed E-state index contributed by atoms with van der Waals surface area (Å²) in [6, 6.07) is 10.5. The first-order chi connectivity index (χ1) is 8.20. The van der Waals surface area contributed by atoms with Crippen LogP contribution in [0.25, 0.3) is 0 Å². The summed E-state index contributed by atoms with van der Waals surface area (Å²) in [5.74, 6) is 0. The van der Waals surface area contributed by atoms with E-state index in [1.165, 1.54) is 5.56 Å². The Morgan fingerprint density at radius 2 is 1.94 bits per heavy atom. The van der Waals surface area contributed by atoms with Crippen LogP contribution in [0.15, 0.2) is 36.5 Å². The maximum Gasteiger partial charge on any atom is 0.0605 e. The molecule has 90 valence electrons. The first-order valence-electron chi connectivity index (χ1n) is 6.03. The highest BCUT2D eigenvalue weighted by Crippen LogP contribution is 2.14. The Morgan fingerprint density at radius 3 is 2.47 bits per heavy atom. The number of aryl methyl sites for hydroxylation is 2. The van der Waals surface area contributed by atoms with E-state index in [4.69, 9.17) is 5.73 Å². The first-order valence-corrected chi connectivity index (χ1v) is 6.03.